The molecule has 146 valence electrons. The quantitative estimate of drug-likeness (QED) is 0.752. The summed E-state index contributed by atoms with van der Waals surface area (Å²) in [5.74, 6) is 0.0327. The molecular weight excluding hydrogens is 388 g/mol. The lowest BCUT2D eigenvalue weighted by atomic mass is 10.2. The molecule has 0 saturated carbocycles. The molecule has 0 aliphatic carbocycles. The third kappa shape index (κ3) is 5.87. The van der Waals surface area contributed by atoms with E-state index in [1.165, 1.54) is 6.07 Å². The van der Waals surface area contributed by atoms with Crippen LogP contribution in [0.4, 0.5) is 11.4 Å². The third-order valence-electron chi connectivity index (χ3n) is 3.65. The van der Waals surface area contributed by atoms with Crippen LogP contribution in [0.3, 0.4) is 0 Å². The highest BCUT2D eigenvalue weighted by Gasteiger charge is 2.23. The number of benzene rings is 2. The Bertz CT molecular complexity index is 929. The van der Waals surface area contributed by atoms with Crippen molar-refractivity contribution in [2.24, 2.45) is 0 Å². The summed E-state index contributed by atoms with van der Waals surface area (Å²) in [5, 5.41) is 3.11. The average molecular weight is 411 g/mol. The van der Waals surface area contributed by atoms with Gasteiger partial charge in [0, 0.05) is 5.02 Å². The number of sulfonamides is 1. The van der Waals surface area contributed by atoms with Crippen LogP contribution in [-0.2, 0) is 14.8 Å². The standard InChI is InChI=1S/C19H23ClN2O4S/c1-13(2)26-18-8-6-5-7-16(18)21-19(23)12-22(27(4,24)25)17-11-15(20)10-9-14(17)3/h5-11,13H,12H2,1-4H3,(H,21,23). The maximum absolute atomic E-state index is 12.6. The van der Waals surface area contributed by atoms with Crippen molar-refractivity contribution in [3.63, 3.8) is 0 Å². The normalized spacial score (nSPS) is 11.3. The number of hydrogen-bond donors (Lipinski definition) is 1. The number of nitrogens with one attached hydrogen (secondary N) is 1. The van der Waals surface area contributed by atoms with Gasteiger partial charge in [0.15, 0.2) is 0 Å². The van der Waals surface area contributed by atoms with Crippen LogP contribution in [0.1, 0.15) is 19.4 Å². The summed E-state index contributed by atoms with van der Waals surface area (Å²) < 4.78 is 31.3. The molecule has 0 atom stereocenters. The van der Waals surface area contributed by atoms with Crippen LogP contribution >= 0.6 is 11.6 Å². The molecule has 0 aliphatic rings. The number of hydrogen-bond acceptors (Lipinski definition) is 4. The first-order valence-electron chi connectivity index (χ1n) is 8.37. The van der Waals surface area contributed by atoms with E-state index in [0.717, 1.165) is 10.6 Å². The molecule has 0 radical (unpaired) electrons. The first-order chi connectivity index (χ1) is 12.6. The maximum atomic E-state index is 12.6. The number of rotatable bonds is 7. The summed E-state index contributed by atoms with van der Waals surface area (Å²) >= 11 is 6.01. The number of aryl methyl sites for hydroxylation is 1. The van der Waals surface area contributed by atoms with E-state index in [1.54, 1.807) is 43.3 Å². The first kappa shape index (κ1) is 21.1. The van der Waals surface area contributed by atoms with Gasteiger partial charge in [-0.25, -0.2) is 8.42 Å². The molecule has 2 aromatic rings. The van der Waals surface area contributed by atoms with Gasteiger partial charge in [-0.1, -0.05) is 29.8 Å². The zero-order valence-corrected chi connectivity index (χ0v) is 17.3. The SMILES string of the molecule is Cc1ccc(Cl)cc1N(CC(=O)Nc1ccccc1OC(C)C)S(C)(=O)=O. The molecule has 0 saturated heterocycles. The van der Waals surface area contributed by atoms with E-state index in [4.69, 9.17) is 16.3 Å². The number of carbonyl (C=O) groups excluding carboxylic acids is 1. The second kappa shape index (κ2) is 8.63. The minimum atomic E-state index is -3.69. The molecule has 0 spiro atoms. The van der Waals surface area contributed by atoms with Gasteiger partial charge in [0.1, 0.15) is 12.3 Å². The van der Waals surface area contributed by atoms with Gasteiger partial charge in [0.05, 0.1) is 23.7 Å². The van der Waals surface area contributed by atoms with Crippen LogP contribution in [-0.4, -0.2) is 33.2 Å². The van der Waals surface area contributed by atoms with E-state index in [9.17, 15) is 13.2 Å². The molecule has 27 heavy (non-hydrogen) atoms. The molecule has 0 heterocycles. The maximum Gasteiger partial charge on any atom is 0.245 e. The highest BCUT2D eigenvalue weighted by Crippen LogP contribution is 2.27. The van der Waals surface area contributed by atoms with E-state index >= 15 is 0 Å². The molecule has 1 N–H and O–H groups in total. The number of para-hydroxylation sites is 2. The van der Waals surface area contributed by atoms with Crippen LogP contribution in [0.5, 0.6) is 5.75 Å². The second-order valence-corrected chi connectivity index (χ2v) is 8.75. The molecule has 0 fully saturated rings. The molecule has 8 heteroatoms. The fourth-order valence-electron chi connectivity index (χ4n) is 2.48. The van der Waals surface area contributed by atoms with Crippen LogP contribution in [0, 0.1) is 6.92 Å². The molecular formula is C19H23ClN2O4S. The Balaban J connectivity index is 2.27. The Labute approximate surface area is 165 Å². The van der Waals surface area contributed by atoms with Crippen LogP contribution in [0.2, 0.25) is 5.02 Å². The summed E-state index contributed by atoms with van der Waals surface area (Å²) in [6, 6.07) is 11.9. The van der Waals surface area contributed by atoms with Crippen LogP contribution in [0.15, 0.2) is 42.5 Å². The summed E-state index contributed by atoms with van der Waals surface area (Å²) in [6.07, 6.45) is 0.987. The summed E-state index contributed by atoms with van der Waals surface area (Å²) in [5.41, 5.74) is 1.54. The van der Waals surface area contributed by atoms with Crippen molar-refractivity contribution in [1.82, 2.24) is 0 Å². The lowest BCUT2D eigenvalue weighted by molar-refractivity contribution is -0.114. The van der Waals surface area contributed by atoms with Crippen molar-refractivity contribution in [1.29, 1.82) is 0 Å². The molecule has 2 aromatic carbocycles. The summed E-state index contributed by atoms with van der Waals surface area (Å²) in [7, 11) is -3.69. The monoisotopic (exact) mass is 410 g/mol. The lowest BCUT2D eigenvalue weighted by Crippen LogP contribution is -2.38. The van der Waals surface area contributed by atoms with Gasteiger partial charge >= 0.3 is 0 Å². The van der Waals surface area contributed by atoms with Gasteiger partial charge in [-0.05, 0) is 50.6 Å². The van der Waals surface area contributed by atoms with Crippen molar-refractivity contribution < 1.29 is 17.9 Å². The number of amides is 1. The van der Waals surface area contributed by atoms with E-state index in [-0.39, 0.29) is 12.6 Å². The van der Waals surface area contributed by atoms with Gasteiger partial charge < -0.3 is 10.1 Å². The molecule has 1 amide bonds. The molecule has 0 aliphatic heterocycles. The molecule has 0 bridgehead atoms. The zero-order valence-electron chi connectivity index (χ0n) is 15.7. The van der Waals surface area contributed by atoms with Gasteiger partial charge in [-0.15, -0.1) is 0 Å². The third-order valence-corrected chi connectivity index (χ3v) is 5.01. The highest BCUT2D eigenvalue weighted by atomic mass is 35.5. The zero-order chi connectivity index (χ0) is 20.2. The minimum absolute atomic E-state index is 0.0651. The predicted molar refractivity (Wildman–Crippen MR) is 109 cm³/mol. The number of carbonyl (C=O) groups is 1. The van der Waals surface area contributed by atoms with E-state index in [1.807, 2.05) is 13.8 Å². The van der Waals surface area contributed by atoms with Gasteiger partial charge in [-0.3, -0.25) is 9.10 Å². The van der Waals surface area contributed by atoms with Gasteiger partial charge in [0.2, 0.25) is 15.9 Å². The van der Waals surface area contributed by atoms with Crippen molar-refractivity contribution in [3.05, 3.63) is 53.1 Å². The number of nitrogens with zero attached hydrogens (tertiary/aromatic N) is 1. The second-order valence-electron chi connectivity index (χ2n) is 6.41. The van der Waals surface area contributed by atoms with Crippen molar-refractivity contribution >= 4 is 38.9 Å². The highest BCUT2D eigenvalue weighted by molar-refractivity contribution is 7.92. The first-order valence-corrected chi connectivity index (χ1v) is 10.6. The van der Waals surface area contributed by atoms with Gasteiger partial charge in [0.25, 0.3) is 0 Å². The van der Waals surface area contributed by atoms with Crippen molar-refractivity contribution in [3.8, 4) is 5.75 Å². The Hall–Kier alpha value is -2.25. The Morgan fingerprint density at radius 2 is 1.89 bits per heavy atom. The van der Waals surface area contributed by atoms with Gasteiger partial charge in [-0.2, -0.15) is 0 Å². The van der Waals surface area contributed by atoms with Crippen LogP contribution < -0.4 is 14.4 Å². The van der Waals surface area contributed by atoms with E-state index in [0.29, 0.717) is 27.7 Å². The fourth-order valence-corrected chi connectivity index (χ4v) is 3.55. The molecule has 0 unspecified atom stereocenters. The number of anilines is 2. The average Bonchev–Trinajstić information content (AvgIpc) is 2.55. The smallest absolute Gasteiger partial charge is 0.245 e. The Morgan fingerprint density at radius 1 is 1.22 bits per heavy atom. The van der Waals surface area contributed by atoms with E-state index in [2.05, 4.69) is 5.32 Å². The van der Waals surface area contributed by atoms with Crippen molar-refractivity contribution in [2.75, 3.05) is 22.4 Å². The number of ether oxygens (including phenoxy) is 1. The Kier molecular flexibility index (Phi) is 6.73. The topological polar surface area (TPSA) is 75.7 Å². The minimum Gasteiger partial charge on any atom is -0.489 e. The fraction of sp³-hybridized carbons (Fsp3) is 0.316. The Morgan fingerprint density at radius 3 is 2.52 bits per heavy atom. The summed E-state index contributed by atoms with van der Waals surface area (Å²) in [6.45, 7) is 5.14. The predicted octanol–water partition coefficient (Wildman–Crippen LogP) is 3.84. The van der Waals surface area contributed by atoms with E-state index < -0.39 is 15.9 Å². The summed E-state index contributed by atoms with van der Waals surface area (Å²) in [4.78, 5) is 12.6. The molecule has 6 nitrogen and oxygen atoms in total. The number of halogens is 1. The molecule has 2 rings (SSSR count). The van der Waals surface area contributed by atoms with Crippen molar-refractivity contribution in [2.45, 2.75) is 26.9 Å². The molecule has 0 aromatic heterocycles. The van der Waals surface area contributed by atoms with Crippen LogP contribution in [0.25, 0.3) is 0 Å². The largest absolute Gasteiger partial charge is 0.489 e. The lowest BCUT2D eigenvalue weighted by Gasteiger charge is -2.24.